The molecule has 1 heterocycles. The number of carbonyl (C=O) groups excluding carboxylic acids is 1. The SMILES string of the molecule is Nc1cc(N)cc(C(=O)N2CCC2)c1. The number of hydrogen-bond acceptors (Lipinski definition) is 3. The fraction of sp³-hybridized carbons (Fsp3) is 0.300. The standard InChI is InChI=1S/C10H13N3O/c11-8-4-7(5-9(12)6-8)10(14)13-2-1-3-13/h4-6H,1-3,11-12H2. The molecule has 4 heteroatoms. The molecule has 1 saturated heterocycles. The molecule has 0 unspecified atom stereocenters. The number of rotatable bonds is 1. The van der Waals surface area contributed by atoms with Crippen molar-refractivity contribution in [3.63, 3.8) is 0 Å². The number of amides is 1. The molecule has 4 nitrogen and oxygen atoms in total. The van der Waals surface area contributed by atoms with Crippen molar-refractivity contribution in [1.82, 2.24) is 4.90 Å². The van der Waals surface area contributed by atoms with Gasteiger partial charge in [-0.25, -0.2) is 0 Å². The maximum Gasteiger partial charge on any atom is 0.254 e. The van der Waals surface area contributed by atoms with Gasteiger partial charge in [-0.2, -0.15) is 0 Å². The molecule has 0 aromatic heterocycles. The van der Waals surface area contributed by atoms with E-state index < -0.39 is 0 Å². The van der Waals surface area contributed by atoms with Crippen LogP contribution < -0.4 is 11.5 Å². The lowest BCUT2D eigenvalue weighted by Gasteiger charge is -2.31. The Kier molecular flexibility index (Phi) is 2.04. The van der Waals surface area contributed by atoms with E-state index in [1.165, 1.54) is 0 Å². The smallest absolute Gasteiger partial charge is 0.254 e. The van der Waals surface area contributed by atoms with Crippen LogP contribution in [0.4, 0.5) is 11.4 Å². The Bertz CT molecular complexity index is 351. The van der Waals surface area contributed by atoms with Gasteiger partial charge in [-0.15, -0.1) is 0 Å². The third-order valence-corrected chi connectivity index (χ3v) is 2.37. The van der Waals surface area contributed by atoms with Gasteiger partial charge in [-0.1, -0.05) is 0 Å². The Morgan fingerprint density at radius 2 is 1.71 bits per heavy atom. The van der Waals surface area contributed by atoms with Crippen molar-refractivity contribution in [3.05, 3.63) is 23.8 Å². The zero-order valence-corrected chi connectivity index (χ0v) is 7.86. The second-order valence-electron chi connectivity index (χ2n) is 3.53. The van der Waals surface area contributed by atoms with E-state index in [0.29, 0.717) is 16.9 Å². The number of nitrogens with two attached hydrogens (primary N) is 2. The Balaban J connectivity index is 2.26. The van der Waals surface area contributed by atoms with Gasteiger partial charge in [0.15, 0.2) is 0 Å². The third-order valence-electron chi connectivity index (χ3n) is 2.37. The van der Waals surface area contributed by atoms with Crippen LogP contribution in [-0.4, -0.2) is 23.9 Å². The van der Waals surface area contributed by atoms with Gasteiger partial charge in [0.2, 0.25) is 0 Å². The molecule has 2 rings (SSSR count). The highest BCUT2D eigenvalue weighted by molar-refractivity contribution is 5.96. The van der Waals surface area contributed by atoms with Crippen LogP contribution in [0, 0.1) is 0 Å². The number of likely N-dealkylation sites (tertiary alicyclic amines) is 1. The van der Waals surface area contributed by atoms with E-state index in [1.54, 1.807) is 23.1 Å². The van der Waals surface area contributed by atoms with Gasteiger partial charge < -0.3 is 16.4 Å². The number of hydrogen-bond donors (Lipinski definition) is 2. The number of nitrogens with zero attached hydrogens (tertiary/aromatic N) is 1. The van der Waals surface area contributed by atoms with Crippen molar-refractivity contribution in [2.24, 2.45) is 0 Å². The molecule has 4 N–H and O–H groups in total. The van der Waals surface area contributed by atoms with E-state index in [-0.39, 0.29) is 5.91 Å². The predicted octanol–water partition coefficient (Wildman–Crippen LogP) is 0.697. The minimum atomic E-state index is 0.0234. The summed E-state index contributed by atoms with van der Waals surface area (Å²) in [5.74, 6) is 0.0234. The van der Waals surface area contributed by atoms with Gasteiger partial charge in [0.1, 0.15) is 0 Å². The minimum absolute atomic E-state index is 0.0234. The van der Waals surface area contributed by atoms with Crippen molar-refractivity contribution < 1.29 is 4.79 Å². The number of anilines is 2. The van der Waals surface area contributed by atoms with E-state index in [1.807, 2.05) is 0 Å². The highest BCUT2D eigenvalue weighted by Crippen LogP contribution is 2.18. The van der Waals surface area contributed by atoms with E-state index in [0.717, 1.165) is 19.5 Å². The molecule has 0 spiro atoms. The highest BCUT2D eigenvalue weighted by Gasteiger charge is 2.21. The summed E-state index contributed by atoms with van der Waals surface area (Å²) in [4.78, 5) is 13.5. The third kappa shape index (κ3) is 1.51. The summed E-state index contributed by atoms with van der Waals surface area (Å²) in [5.41, 5.74) is 12.9. The number of benzene rings is 1. The Morgan fingerprint density at radius 1 is 1.14 bits per heavy atom. The molecular weight excluding hydrogens is 178 g/mol. The van der Waals surface area contributed by atoms with Gasteiger partial charge in [0, 0.05) is 30.0 Å². The topological polar surface area (TPSA) is 72.3 Å². The molecule has 1 amide bonds. The predicted molar refractivity (Wildman–Crippen MR) is 55.8 cm³/mol. The summed E-state index contributed by atoms with van der Waals surface area (Å²) in [6, 6.07) is 4.97. The van der Waals surface area contributed by atoms with Crippen molar-refractivity contribution in [2.75, 3.05) is 24.6 Å². The number of nitrogen functional groups attached to an aromatic ring is 2. The molecule has 0 saturated carbocycles. The van der Waals surface area contributed by atoms with Gasteiger partial charge in [0.25, 0.3) is 5.91 Å². The molecule has 1 aliphatic heterocycles. The van der Waals surface area contributed by atoms with Crippen molar-refractivity contribution in [3.8, 4) is 0 Å². The summed E-state index contributed by atoms with van der Waals surface area (Å²) < 4.78 is 0. The molecule has 1 aromatic carbocycles. The summed E-state index contributed by atoms with van der Waals surface area (Å²) in [6.45, 7) is 1.68. The lowest BCUT2D eigenvalue weighted by molar-refractivity contribution is 0.0652. The molecule has 1 aromatic rings. The van der Waals surface area contributed by atoms with Crippen molar-refractivity contribution >= 4 is 17.3 Å². The molecule has 0 bridgehead atoms. The summed E-state index contributed by atoms with van der Waals surface area (Å²) in [7, 11) is 0. The first-order valence-electron chi connectivity index (χ1n) is 4.62. The van der Waals surface area contributed by atoms with Crippen LogP contribution in [0.15, 0.2) is 18.2 Å². The molecule has 74 valence electrons. The first kappa shape index (κ1) is 8.87. The van der Waals surface area contributed by atoms with E-state index in [9.17, 15) is 4.79 Å². The molecule has 0 aliphatic carbocycles. The zero-order valence-electron chi connectivity index (χ0n) is 7.86. The summed E-state index contributed by atoms with van der Waals surface area (Å²) >= 11 is 0. The largest absolute Gasteiger partial charge is 0.399 e. The fourth-order valence-corrected chi connectivity index (χ4v) is 1.50. The van der Waals surface area contributed by atoms with Crippen LogP contribution in [0.2, 0.25) is 0 Å². The fourth-order valence-electron chi connectivity index (χ4n) is 1.50. The average molecular weight is 191 g/mol. The average Bonchev–Trinajstić information content (AvgIpc) is 1.98. The van der Waals surface area contributed by atoms with E-state index >= 15 is 0 Å². The highest BCUT2D eigenvalue weighted by atomic mass is 16.2. The Morgan fingerprint density at radius 3 is 2.14 bits per heavy atom. The van der Waals surface area contributed by atoms with Crippen molar-refractivity contribution in [1.29, 1.82) is 0 Å². The molecular formula is C10H13N3O. The van der Waals surface area contributed by atoms with Gasteiger partial charge in [-0.3, -0.25) is 4.79 Å². The maximum atomic E-state index is 11.7. The maximum absolute atomic E-state index is 11.7. The van der Waals surface area contributed by atoms with E-state index in [4.69, 9.17) is 11.5 Å². The van der Waals surface area contributed by atoms with Crippen LogP contribution in [-0.2, 0) is 0 Å². The molecule has 1 aliphatic rings. The van der Waals surface area contributed by atoms with Gasteiger partial charge in [0.05, 0.1) is 0 Å². The molecule has 1 fully saturated rings. The zero-order chi connectivity index (χ0) is 10.1. The molecule has 0 radical (unpaired) electrons. The van der Waals surface area contributed by atoms with Gasteiger partial charge >= 0.3 is 0 Å². The van der Waals surface area contributed by atoms with Crippen LogP contribution in [0.25, 0.3) is 0 Å². The molecule has 14 heavy (non-hydrogen) atoms. The molecule has 0 atom stereocenters. The first-order chi connectivity index (χ1) is 6.66. The Hall–Kier alpha value is -1.71. The monoisotopic (exact) mass is 191 g/mol. The van der Waals surface area contributed by atoms with Crippen LogP contribution in [0.5, 0.6) is 0 Å². The van der Waals surface area contributed by atoms with Gasteiger partial charge in [-0.05, 0) is 24.6 Å². The summed E-state index contributed by atoms with van der Waals surface area (Å²) in [6.07, 6.45) is 1.09. The Labute approximate surface area is 82.5 Å². The normalized spacial score (nSPS) is 15.0. The second-order valence-corrected chi connectivity index (χ2v) is 3.53. The van der Waals surface area contributed by atoms with Crippen LogP contribution >= 0.6 is 0 Å². The summed E-state index contributed by atoms with van der Waals surface area (Å²) in [5, 5.41) is 0. The van der Waals surface area contributed by atoms with Crippen LogP contribution in [0.3, 0.4) is 0 Å². The van der Waals surface area contributed by atoms with Crippen molar-refractivity contribution in [2.45, 2.75) is 6.42 Å². The quantitative estimate of drug-likeness (QED) is 0.642. The lowest BCUT2D eigenvalue weighted by Crippen LogP contribution is -2.42. The minimum Gasteiger partial charge on any atom is -0.399 e. The second kappa shape index (κ2) is 3.21. The number of carbonyl (C=O) groups is 1. The van der Waals surface area contributed by atoms with E-state index in [2.05, 4.69) is 0 Å². The van der Waals surface area contributed by atoms with Crippen LogP contribution in [0.1, 0.15) is 16.8 Å². The first-order valence-corrected chi connectivity index (χ1v) is 4.62. The lowest BCUT2D eigenvalue weighted by atomic mass is 10.1.